The molecule has 0 saturated heterocycles. The van der Waals surface area contributed by atoms with Gasteiger partial charge in [0.15, 0.2) is 6.10 Å². The van der Waals surface area contributed by atoms with Crippen molar-refractivity contribution in [3.05, 3.63) is 144 Å². The molecule has 2 atom stereocenters. The first-order chi connectivity index (χ1) is 20.2. The van der Waals surface area contributed by atoms with E-state index in [1.165, 1.54) is 0 Å². The minimum Gasteiger partial charge on any atom is -0.457 e. The third kappa shape index (κ3) is 8.98. The summed E-state index contributed by atoms with van der Waals surface area (Å²) in [5.41, 5.74) is 2.11. The van der Waals surface area contributed by atoms with E-state index in [0.717, 1.165) is 11.1 Å². The van der Waals surface area contributed by atoms with Crippen molar-refractivity contribution in [2.75, 3.05) is 6.61 Å². The average molecular weight is 573 g/mol. The quantitative estimate of drug-likeness (QED) is 0.150. The van der Waals surface area contributed by atoms with E-state index in [2.05, 4.69) is 0 Å². The minimum absolute atomic E-state index is 0.0410. The van der Waals surface area contributed by atoms with Gasteiger partial charge in [-0.3, -0.25) is 0 Å². The molecule has 0 saturated carbocycles. The normalized spacial score (nSPS) is 17.0. The Balaban J connectivity index is 1.31. The molecule has 212 valence electrons. The van der Waals surface area contributed by atoms with Crippen LogP contribution in [0.1, 0.15) is 24.0 Å². The van der Waals surface area contributed by atoms with Gasteiger partial charge >= 0.3 is 7.82 Å². The second kappa shape index (κ2) is 14.6. The highest BCUT2D eigenvalue weighted by atomic mass is 31.2. The van der Waals surface area contributed by atoms with Gasteiger partial charge in [-0.1, -0.05) is 97.1 Å². The molecule has 0 unspecified atom stereocenters. The van der Waals surface area contributed by atoms with Crippen LogP contribution < -0.4 is 9.05 Å². The molecule has 0 N–H and O–H groups in total. The van der Waals surface area contributed by atoms with Gasteiger partial charge in [0.25, 0.3) is 5.95 Å². The summed E-state index contributed by atoms with van der Waals surface area (Å²) >= 11 is 0. The van der Waals surface area contributed by atoms with Gasteiger partial charge in [0.2, 0.25) is 0 Å². The number of rotatable bonds is 13. The van der Waals surface area contributed by atoms with Crippen LogP contribution in [-0.2, 0) is 36.5 Å². The SMILES string of the molecule is O=P(OC1=CCC[C@H](OCc2ccccc2)[C@@H](COCc2ccccc2)O1)(Oc1ccccc1)Oc1ccccc1. The number of phosphoric ester groups is 1. The summed E-state index contributed by atoms with van der Waals surface area (Å²) in [5.74, 6) is 0.722. The molecular weight excluding hydrogens is 539 g/mol. The molecule has 1 aliphatic rings. The molecule has 0 spiro atoms. The van der Waals surface area contributed by atoms with E-state index in [0.29, 0.717) is 37.6 Å². The summed E-state index contributed by atoms with van der Waals surface area (Å²) in [7, 11) is -4.21. The lowest BCUT2D eigenvalue weighted by atomic mass is 10.1. The molecule has 41 heavy (non-hydrogen) atoms. The summed E-state index contributed by atoms with van der Waals surface area (Å²) in [6, 6.07) is 37.4. The Labute approximate surface area is 240 Å². The van der Waals surface area contributed by atoms with Crippen LogP contribution in [0, 0.1) is 0 Å². The van der Waals surface area contributed by atoms with Crippen molar-refractivity contribution in [3.63, 3.8) is 0 Å². The van der Waals surface area contributed by atoms with Crippen molar-refractivity contribution in [3.8, 4) is 11.5 Å². The number of para-hydroxylation sites is 2. The molecule has 4 aromatic carbocycles. The summed E-state index contributed by atoms with van der Waals surface area (Å²) in [4.78, 5) is 0. The van der Waals surface area contributed by atoms with E-state index in [9.17, 15) is 4.57 Å². The lowest BCUT2D eigenvalue weighted by Gasteiger charge is -2.27. The fraction of sp³-hybridized carbons (Fsp3) is 0.212. The number of hydrogen-bond acceptors (Lipinski definition) is 7. The van der Waals surface area contributed by atoms with Crippen molar-refractivity contribution in [2.45, 2.75) is 38.3 Å². The van der Waals surface area contributed by atoms with Crippen LogP contribution >= 0.6 is 7.82 Å². The third-order valence-electron chi connectivity index (χ3n) is 6.27. The maximum absolute atomic E-state index is 14.0. The molecule has 0 amide bonds. The highest BCUT2D eigenvalue weighted by Crippen LogP contribution is 2.52. The van der Waals surface area contributed by atoms with Gasteiger partial charge in [-0.05, 0) is 54.3 Å². The summed E-state index contributed by atoms with van der Waals surface area (Å²) in [6.07, 6.45) is 2.14. The topological polar surface area (TPSA) is 72.5 Å². The van der Waals surface area contributed by atoms with Crippen LogP contribution in [0.5, 0.6) is 11.5 Å². The fourth-order valence-electron chi connectivity index (χ4n) is 4.25. The Hall–Kier alpha value is -4.03. The zero-order chi connectivity index (χ0) is 28.2. The maximum Gasteiger partial charge on any atom is 0.649 e. The van der Waals surface area contributed by atoms with Gasteiger partial charge in [-0.25, -0.2) is 0 Å². The van der Waals surface area contributed by atoms with Crippen LogP contribution in [0.4, 0.5) is 0 Å². The van der Waals surface area contributed by atoms with Gasteiger partial charge in [0, 0.05) is 0 Å². The second-order valence-electron chi connectivity index (χ2n) is 9.44. The van der Waals surface area contributed by atoms with Gasteiger partial charge in [-0.15, -0.1) is 0 Å². The second-order valence-corrected chi connectivity index (χ2v) is 10.9. The average Bonchev–Trinajstić information content (AvgIpc) is 3.19. The van der Waals surface area contributed by atoms with Gasteiger partial charge in [-0.2, -0.15) is 4.57 Å². The monoisotopic (exact) mass is 572 g/mol. The van der Waals surface area contributed by atoms with Crippen LogP contribution in [0.2, 0.25) is 0 Å². The lowest BCUT2D eigenvalue weighted by molar-refractivity contribution is -0.107. The van der Waals surface area contributed by atoms with E-state index < -0.39 is 13.9 Å². The minimum atomic E-state index is -4.21. The predicted octanol–water partition coefficient (Wildman–Crippen LogP) is 8.09. The molecule has 1 heterocycles. The molecule has 0 fully saturated rings. The molecule has 5 rings (SSSR count). The molecule has 4 aromatic rings. The number of phosphoric acid groups is 1. The molecule has 0 aromatic heterocycles. The number of ether oxygens (including phenoxy) is 3. The summed E-state index contributed by atoms with van der Waals surface area (Å²) in [5, 5.41) is 0. The molecular formula is C33H33O7P. The smallest absolute Gasteiger partial charge is 0.457 e. The highest BCUT2D eigenvalue weighted by molar-refractivity contribution is 7.49. The van der Waals surface area contributed by atoms with E-state index >= 15 is 0 Å². The van der Waals surface area contributed by atoms with E-state index in [1.807, 2.05) is 72.8 Å². The van der Waals surface area contributed by atoms with Crippen molar-refractivity contribution >= 4 is 7.82 Å². The van der Waals surface area contributed by atoms with Crippen molar-refractivity contribution in [1.29, 1.82) is 0 Å². The third-order valence-corrected chi connectivity index (χ3v) is 7.54. The zero-order valence-electron chi connectivity index (χ0n) is 22.6. The number of hydrogen-bond donors (Lipinski definition) is 0. The lowest BCUT2D eigenvalue weighted by Crippen LogP contribution is -2.35. The van der Waals surface area contributed by atoms with Crippen molar-refractivity contribution in [1.82, 2.24) is 0 Å². The van der Waals surface area contributed by atoms with Gasteiger partial charge in [0.1, 0.15) is 11.5 Å². The first-order valence-corrected chi connectivity index (χ1v) is 15.0. The van der Waals surface area contributed by atoms with Crippen molar-refractivity contribution < 1.29 is 32.3 Å². The maximum atomic E-state index is 14.0. The molecule has 0 aliphatic carbocycles. The number of benzene rings is 4. The first-order valence-electron chi connectivity index (χ1n) is 13.6. The first kappa shape index (κ1) is 28.5. The Kier molecular flexibility index (Phi) is 10.1. The van der Waals surface area contributed by atoms with E-state index in [4.69, 9.17) is 27.8 Å². The van der Waals surface area contributed by atoms with Gasteiger partial charge < -0.3 is 27.8 Å². The Morgan fingerprint density at radius 1 is 0.659 bits per heavy atom. The van der Waals surface area contributed by atoms with Gasteiger partial charge in [0.05, 0.1) is 25.9 Å². The largest absolute Gasteiger partial charge is 0.649 e. The molecule has 8 heteroatoms. The van der Waals surface area contributed by atoms with Crippen LogP contribution in [0.3, 0.4) is 0 Å². The van der Waals surface area contributed by atoms with E-state index in [-0.39, 0.29) is 18.7 Å². The molecule has 0 bridgehead atoms. The predicted molar refractivity (Wildman–Crippen MR) is 156 cm³/mol. The number of allylic oxidation sites excluding steroid dienone is 1. The molecule has 1 aliphatic heterocycles. The standard InChI is InChI=1S/C33H33O7P/c34-41(38-29-18-9-3-10-19-29,39-30-20-11-4-12-21-30)40-33-23-13-22-31(36-25-28-16-7-2-8-17-28)32(37-33)26-35-24-27-14-5-1-6-15-27/h1-12,14-21,23,31-32H,13,22,24-26H2/t31-,32+/m0/s1. The fourth-order valence-corrected chi connectivity index (χ4v) is 5.46. The van der Waals surface area contributed by atoms with Crippen LogP contribution in [0.15, 0.2) is 133 Å². The van der Waals surface area contributed by atoms with E-state index in [1.54, 1.807) is 54.6 Å². The highest BCUT2D eigenvalue weighted by Gasteiger charge is 2.37. The van der Waals surface area contributed by atoms with Crippen LogP contribution in [-0.4, -0.2) is 18.8 Å². The zero-order valence-corrected chi connectivity index (χ0v) is 23.5. The Morgan fingerprint density at radius 2 is 1.17 bits per heavy atom. The Morgan fingerprint density at radius 3 is 1.73 bits per heavy atom. The Bertz CT molecular complexity index is 1350. The van der Waals surface area contributed by atoms with Crippen LogP contribution in [0.25, 0.3) is 0 Å². The summed E-state index contributed by atoms with van der Waals surface area (Å²) < 4.78 is 50.1. The van der Waals surface area contributed by atoms with Crippen molar-refractivity contribution in [2.24, 2.45) is 0 Å². The molecule has 0 radical (unpaired) electrons. The summed E-state index contributed by atoms with van der Waals surface area (Å²) in [6.45, 7) is 1.07. The molecule has 7 nitrogen and oxygen atoms in total.